The summed E-state index contributed by atoms with van der Waals surface area (Å²) in [5, 5.41) is 0.465. The van der Waals surface area contributed by atoms with E-state index in [0.717, 1.165) is 0 Å². The first kappa shape index (κ1) is 17.6. The number of hydrogen-bond donors (Lipinski definition) is 0. The van der Waals surface area contributed by atoms with Crippen LogP contribution in [0.25, 0.3) is 10.9 Å². The fraction of sp³-hybridized carbons (Fsp3) is 0.471. The van der Waals surface area contributed by atoms with E-state index in [-0.39, 0.29) is 35.6 Å². The molecule has 0 N–H and O–H groups in total. The Morgan fingerprint density at radius 2 is 2.08 bits per heavy atom. The smallest absolute Gasteiger partial charge is 0.261 e. The first-order chi connectivity index (χ1) is 11.8. The summed E-state index contributed by atoms with van der Waals surface area (Å²) in [4.78, 5) is 31.4. The molecule has 8 heteroatoms. The van der Waals surface area contributed by atoms with Gasteiger partial charge >= 0.3 is 0 Å². The predicted molar refractivity (Wildman–Crippen MR) is 95.2 cm³/mol. The molecule has 1 aromatic carbocycles. The molecule has 0 bridgehead atoms. The lowest BCUT2D eigenvalue weighted by atomic mass is 10.2. The highest BCUT2D eigenvalue weighted by Gasteiger charge is 2.34. The van der Waals surface area contributed by atoms with Crippen molar-refractivity contribution in [1.82, 2.24) is 14.5 Å². The molecule has 0 unspecified atom stereocenters. The van der Waals surface area contributed by atoms with Crippen LogP contribution in [0.15, 0.2) is 29.1 Å². The minimum atomic E-state index is -3.08. The van der Waals surface area contributed by atoms with Gasteiger partial charge in [-0.05, 0) is 32.4 Å². The number of hydrogen-bond acceptors (Lipinski definition) is 5. The highest BCUT2D eigenvalue weighted by molar-refractivity contribution is 7.91. The van der Waals surface area contributed by atoms with E-state index in [1.165, 1.54) is 4.57 Å². The van der Waals surface area contributed by atoms with Crippen LogP contribution >= 0.6 is 0 Å². The SMILES string of the molecule is CCN(C(=O)Cn1c(C)nc2ccccc2c1=O)[C@H]1CCS(=O)(=O)C1. The molecule has 1 fully saturated rings. The van der Waals surface area contributed by atoms with Gasteiger partial charge in [0.1, 0.15) is 12.4 Å². The maximum absolute atomic E-state index is 12.7. The number of aromatic nitrogens is 2. The zero-order chi connectivity index (χ0) is 18.2. The zero-order valence-corrected chi connectivity index (χ0v) is 15.1. The Labute approximate surface area is 146 Å². The number of fused-ring (bicyclic) bond motifs is 1. The lowest BCUT2D eigenvalue weighted by molar-refractivity contribution is -0.133. The van der Waals surface area contributed by atoms with Crippen LogP contribution in [0.4, 0.5) is 0 Å². The van der Waals surface area contributed by atoms with E-state index in [2.05, 4.69) is 4.98 Å². The molecule has 7 nitrogen and oxygen atoms in total. The molecule has 1 saturated heterocycles. The number of nitrogens with zero attached hydrogens (tertiary/aromatic N) is 3. The first-order valence-corrected chi connectivity index (χ1v) is 10.1. The van der Waals surface area contributed by atoms with E-state index in [0.29, 0.717) is 29.7 Å². The first-order valence-electron chi connectivity index (χ1n) is 8.28. The van der Waals surface area contributed by atoms with Gasteiger partial charge in [0.05, 0.1) is 22.4 Å². The van der Waals surface area contributed by atoms with Crippen molar-refractivity contribution in [2.75, 3.05) is 18.1 Å². The van der Waals surface area contributed by atoms with Crippen LogP contribution in [0, 0.1) is 6.92 Å². The van der Waals surface area contributed by atoms with Gasteiger partial charge in [0.15, 0.2) is 9.84 Å². The lowest BCUT2D eigenvalue weighted by Gasteiger charge is -2.27. The average Bonchev–Trinajstić information content (AvgIpc) is 2.92. The highest BCUT2D eigenvalue weighted by atomic mass is 32.2. The van der Waals surface area contributed by atoms with Gasteiger partial charge < -0.3 is 4.90 Å². The second-order valence-corrected chi connectivity index (χ2v) is 8.53. The second kappa shape index (κ2) is 6.59. The van der Waals surface area contributed by atoms with Gasteiger partial charge in [-0.1, -0.05) is 12.1 Å². The van der Waals surface area contributed by atoms with Gasteiger partial charge in [0.2, 0.25) is 5.91 Å². The number of carbonyl (C=O) groups excluding carboxylic acids is 1. The predicted octanol–water partition coefficient (Wildman–Crippen LogP) is 0.741. The van der Waals surface area contributed by atoms with Crippen LogP contribution in [0.1, 0.15) is 19.2 Å². The second-order valence-electron chi connectivity index (χ2n) is 6.30. The van der Waals surface area contributed by atoms with Gasteiger partial charge in [-0.25, -0.2) is 13.4 Å². The number of aryl methyl sites for hydroxylation is 1. The van der Waals surface area contributed by atoms with Crippen molar-refractivity contribution in [1.29, 1.82) is 0 Å². The van der Waals surface area contributed by atoms with Crippen LogP contribution in [0.2, 0.25) is 0 Å². The van der Waals surface area contributed by atoms with E-state index in [1.54, 1.807) is 30.0 Å². The van der Waals surface area contributed by atoms with E-state index in [4.69, 9.17) is 0 Å². The Balaban J connectivity index is 1.90. The number of sulfone groups is 1. The van der Waals surface area contributed by atoms with Crippen LogP contribution < -0.4 is 5.56 Å². The molecule has 1 aliphatic heterocycles. The summed E-state index contributed by atoms with van der Waals surface area (Å²) in [5.41, 5.74) is 0.342. The standard InChI is InChI=1S/C17H21N3O4S/c1-3-19(13-8-9-25(23,24)11-13)16(21)10-20-12(2)18-15-7-5-4-6-14(15)17(20)22/h4-7,13H,3,8-11H2,1-2H3/t13-/m0/s1. The van der Waals surface area contributed by atoms with Crippen LogP contribution in [-0.2, 0) is 21.2 Å². The molecule has 0 radical (unpaired) electrons. The number of rotatable bonds is 4. The van der Waals surface area contributed by atoms with E-state index in [9.17, 15) is 18.0 Å². The van der Waals surface area contributed by atoms with Crippen molar-refractivity contribution in [3.05, 3.63) is 40.4 Å². The quantitative estimate of drug-likeness (QED) is 0.799. The summed E-state index contributed by atoms with van der Waals surface area (Å²) in [7, 11) is -3.08. The molecule has 1 aliphatic rings. The number of carbonyl (C=O) groups is 1. The third-order valence-corrected chi connectivity index (χ3v) is 6.41. The van der Waals surface area contributed by atoms with Gasteiger partial charge in [0.25, 0.3) is 5.56 Å². The molecule has 0 saturated carbocycles. The monoisotopic (exact) mass is 363 g/mol. The third-order valence-electron chi connectivity index (χ3n) is 4.66. The number of amides is 1. The van der Waals surface area contributed by atoms with Crippen LogP contribution in [-0.4, -0.2) is 52.9 Å². The molecule has 0 spiro atoms. The summed E-state index contributed by atoms with van der Waals surface area (Å²) < 4.78 is 24.7. The fourth-order valence-corrected chi connectivity index (χ4v) is 5.08. The molecule has 1 amide bonds. The van der Waals surface area contributed by atoms with Gasteiger partial charge in [-0.15, -0.1) is 0 Å². The molecule has 2 heterocycles. The highest BCUT2D eigenvalue weighted by Crippen LogP contribution is 2.18. The Morgan fingerprint density at radius 3 is 2.72 bits per heavy atom. The van der Waals surface area contributed by atoms with Crippen molar-refractivity contribution in [2.24, 2.45) is 0 Å². The summed E-state index contributed by atoms with van der Waals surface area (Å²) in [6.07, 6.45) is 0.450. The van der Waals surface area contributed by atoms with E-state index >= 15 is 0 Å². The van der Waals surface area contributed by atoms with E-state index < -0.39 is 9.84 Å². The molecular weight excluding hydrogens is 342 g/mol. The minimum absolute atomic E-state index is 0.00354. The molecule has 25 heavy (non-hydrogen) atoms. The topological polar surface area (TPSA) is 89.3 Å². The zero-order valence-electron chi connectivity index (χ0n) is 14.3. The largest absolute Gasteiger partial charge is 0.337 e. The lowest BCUT2D eigenvalue weighted by Crippen LogP contribution is -2.44. The number of para-hydroxylation sites is 1. The van der Waals surface area contributed by atoms with Gasteiger partial charge in [0, 0.05) is 12.6 Å². The Morgan fingerprint density at radius 1 is 1.36 bits per heavy atom. The molecule has 2 aromatic rings. The normalized spacial score (nSPS) is 19.2. The minimum Gasteiger partial charge on any atom is -0.337 e. The summed E-state index contributed by atoms with van der Waals surface area (Å²) in [5.74, 6) is 0.313. The maximum Gasteiger partial charge on any atom is 0.261 e. The van der Waals surface area contributed by atoms with Gasteiger partial charge in [-0.2, -0.15) is 0 Å². The van der Waals surface area contributed by atoms with Crippen molar-refractivity contribution in [2.45, 2.75) is 32.9 Å². The third kappa shape index (κ3) is 3.44. The van der Waals surface area contributed by atoms with Crippen molar-refractivity contribution >= 4 is 26.6 Å². The molecule has 0 aliphatic carbocycles. The Kier molecular flexibility index (Phi) is 4.64. The molecule has 1 atom stereocenters. The molecular formula is C17H21N3O4S. The Hall–Kier alpha value is -2.22. The molecule has 3 rings (SSSR count). The summed E-state index contributed by atoms with van der Waals surface area (Å²) in [6, 6.07) is 6.70. The van der Waals surface area contributed by atoms with Crippen molar-refractivity contribution < 1.29 is 13.2 Å². The van der Waals surface area contributed by atoms with Crippen LogP contribution in [0.5, 0.6) is 0 Å². The fourth-order valence-electron chi connectivity index (χ4n) is 3.35. The molecule has 134 valence electrons. The maximum atomic E-state index is 12.7. The van der Waals surface area contributed by atoms with Crippen molar-refractivity contribution in [3.8, 4) is 0 Å². The summed E-state index contributed by atoms with van der Waals surface area (Å²) in [6.45, 7) is 3.79. The molecule has 1 aromatic heterocycles. The van der Waals surface area contributed by atoms with Crippen molar-refractivity contribution in [3.63, 3.8) is 0 Å². The summed E-state index contributed by atoms with van der Waals surface area (Å²) >= 11 is 0. The van der Waals surface area contributed by atoms with E-state index in [1.807, 2.05) is 13.0 Å². The van der Waals surface area contributed by atoms with Gasteiger partial charge in [-0.3, -0.25) is 14.2 Å². The van der Waals surface area contributed by atoms with Crippen LogP contribution in [0.3, 0.4) is 0 Å². The number of benzene rings is 1. The average molecular weight is 363 g/mol. The number of likely N-dealkylation sites (N-methyl/N-ethyl adjacent to an activating group) is 1. The Bertz CT molecular complexity index is 981.